The number of hydrogen-bond donors (Lipinski definition) is 0. The maximum absolute atomic E-state index is 5.26. The third-order valence-electron chi connectivity index (χ3n) is 11.9. The van der Waals surface area contributed by atoms with Gasteiger partial charge < -0.3 is 0 Å². The van der Waals surface area contributed by atoms with E-state index in [1.165, 1.54) is 80.1 Å². The normalized spacial score (nSPS) is 11.7. The number of rotatable bonds is 5. The first-order valence-electron chi connectivity index (χ1n) is 20.1. The van der Waals surface area contributed by atoms with Crippen LogP contribution in [0.15, 0.2) is 206 Å². The van der Waals surface area contributed by atoms with Crippen LogP contribution in [0.4, 0.5) is 0 Å². The van der Waals surface area contributed by atoms with Gasteiger partial charge in [0.05, 0.1) is 11.4 Å². The average Bonchev–Trinajstić information content (AvgIpc) is 3.69. The number of nitrogens with zero attached hydrogens (tertiary/aromatic N) is 2. The Hall–Kier alpha value is -7.46. The van der Waals surface area contributed by atoms with Crippen LogP contribution in [-0.4, -0.2) is 9.97 Å². The average molecular weight is 767 g/mol. The van der Waals surface area contributed by atoms with Crippen LogP contribution >= 0.6 is 11.3 Å². The third kappa shape index (κ3) is 5.62. The number of aromatic nitrogens is 2. The molecule has 0 spiro atoms. The fraction of sp³-hybridized carbons (Fsp3) is 0. The number of thiophene rings is 1. The van der Waals surface area contributed by atoms with Crippen LogP contribution in [0.25, 0.3) is 119 Å². The highest BCUT2D eigenvalue weighted by molar-refractivity contribution is 7.25. The molecule has 0 saturated heterocycles. The van der Waals surface area contributed by atoms with E-state index in [0.717, 1.165) is 33.5 Å². The van der Waals surface area contributed by atoms with E-state index >= 15 is 0 Å². The van der Waals surface area contributed by atoms with Gasteiger partial charge in [0.2, 0.25) is 0 Å². The van der Waals surface area contributed by atoms with Crippen molar-refractivity contribution in [3.63, 3.8) is 0 Å². The van der Waals surface area contributed by atoms with Gasteiger partial charge in [-0.1, -0.05) is 176 Å². The monoisotopic (exact) mass is 766 g/mol. The topological polar surface area (TPSA) is 25.8 Å². The van der Waals surface area contributed by atoms with Gasteiger partial charge >= 0.3 is 0 Å². The molecule has 2 nitrogen and oxygen atoms in total. The van der Waals surface area contributed by atoms with Crippen molar-refractivity contribution >= 4 is 74.6 Å². The summed E-state index contributed by atoms with van der Waals surface area (Å²) < 4.78 is 2.58. The summed E-state index contributed by atoms with van der Waals surface area (Å²) in [7, 11) is 0. The van der Waals surface area contributed by atoms with Crippen molar-refractivity contribution in [2.45, 2.75) is 0 Å². The van der Waals surface area contributed by atoms with Crippen molar-refractivity contribution in [3.05, 3.63) is 206 Å². The van der Waals surface area contributed by atoms with E-state index in [0.29, 0.717) is 5.82 Å². The molecule has 0 atom stereocenters. The molecule has 3 heteroatoms. The highest BCUT2D eigenvalue weighted by Gasteiger charge is 2.17. The molecule has 59 heavy (non-hydrogen) atoms. The smallest absolute Gasteiger partial charge is 0.160 e. The zero-order valence-electron chi connectivity index (χ0n) is 31.9. The van der Waals surface area contributed by atoms with Crippen molar-refractivity contribution < 1.29 is 0 Å². The molecule has 0 aliphatic heterocycles. The lowest BCUT2D eigenvalue weighted by Crippen LogP contribution is -1.96. The van der Waals surface area contributed by atoms with E-state index in [-0.39, 0.29) is 0 Å². The lowest BCUT2D eigenvalue weighted by atomic mass is 9.88. The minimum atomic E-state index is 0.714. The molecule has 12 rings (SSSR count). The Morgan fingerprint density at radius 3 is 1.73 bits per heavy atom. The summed E-state index contributed by atoms with van der Waals surface area (Å²) in [5.41, 5.74) is 9.81. The van der Waals surface area contributed by atoms with Crippen LogP contribution in [0.1, 0.15) is 0 Å². The van der Waals surface area contributed by atoms with Gasteiger partial charge in [-0.05, 0) is 95.7 Å². The summed E-state index contributed by atoms with van der Waals surface area (Å²) in [6.07, 6.45) is 0. The molecule has 0 bridgehead atoms. The van der Waals surface area contributed by atoms with Gasteiger partial charge in [0, 0.05) is 36.9 Å². The molecule has 2 heterocycles. The van der Waals surface area contributed by atoms with Gasteiger partial charge in [-0.25, -0.2) is 9.97 Å². The molecule has 0 amide bonds. The molecule has 0 aliphatic rings. The fourth-order valence-electron chi connectivity index (χ4n) is 9.06. The predicted octanol–water partition coefficient (Wildman–Crippen LogP) is 15.8. The Kier molecular flexibility index (Phi) is 7.75. The third-order valence-corrected chi connectivity index (χ3v) is 13.0. The second-order valence-corrected chi connectivity index (χ2v) is 16.4. The number of fused-ring (bicyclic) bond motifs is 8. The van der Waals surface area contributed by atoms with Crippen molar-refractivity contribution in [2.75, 3.05) is 0 Å². The first-order valence-corrected chi connectivity index (χ1v) is 20.9. The summed E-state index contributed by atoms with van der Waals surface area (Å²) >= 11 is 1.83. The highest BCUT2D eigenvalue weighted by Crippen LogP contribution is 2.42. The van der Waals surface area contributed by atoms with Crippen LogP contribution in [0, 0.1) is 0 Å². The van der Waals surface area contributed by atoms with E-state index < -0.39 is 0 Å². The Morgan fingerprint density at radius 2 is 0.898 bits per heavy atom. The van der Waals surface area contributed by atoms with Crippen molar-refractivity contribution in [3.8, 4) is 56.2 Å². The molecule has 10 aromatic carbocycles. The minimum absolute atomic E-state index is 0.714. The summed E-state index contributed by atoms with van der Waals surface area (Å²) in [6.45, 7) is 0. The molecular formula is C56H34N2S. The quantitative estimate of drug-likeness (QED) is 0.129. The Morgan fingerprint density at radius 1 is 0.288 bits per heavy atom. The second-order valence-electron chi connectivity index (χ2n) is 15.3. The standard InChI is InChI=1S/C56H34N2S/c1-2-13-38(14-3-1)56-57-51(40-27-31-54-50(33-40)47-20-10-11-21-53(47)59-54)34-52(58-56)46-30-29-42(44-18-8-9-19-45(44)46)36-22-24-37(25-23-36)55-43-17-7-5-15-39(43)32-49-41-16-6-4-12-35(41)26-28-48(49)55/h1-34H. The van der Waals surface area contributed by atoms with Crippen LogP contribution in [0.3, 0.4) is 0 Å². The Bertz CT molecular complexity index is 3600. The maximum Gasteiger partial charge on any atom is 0.160 e. The SMILES string of the molecule is c1ccc(-c2nc(-c3ccc4sc5ccccc5c4c3)cc(-c3ccc(-c4ccc(-c5c6ccccc6cc6c5ccc5ccccc56)cc4)c4ccccc34)n2)cc1. The van der Waals surface area contributed by atoms with Crippen molar-refractivity contribution in [2.24, 2.45) is 0 Å². The number of benzene rings is 10. The maximum atomic E-state index is 5.26. The molecule has 12 aromatic rings. The molecule has 0 unspecified atom stereocenters. The summed E-state index contributed by atoms with van der Waals surface area (Å²) in [6, 6.07) is 74.6. The number of hydrogen-bond acceptors (Lipinski definition) is 3. The first-order chi connectivity index (χ1) is 29.2. The first kappa shape index (κ1) is 33.7. The highest BCUT2D eigenvalue weighted by atomic mass is 32.1. The van der Waals surface area contributed by atoms with Gasteiger partial charge in [-0.15, -0.1) is 11.3 Å². The predicted molar refractivity (Wildman–Crippen MR) is 252 cm³/mol. The summed E-state index contributed by atoms with van der Waals surface area (Å²) in [5.74, 6) is 0.714. The van der Waals surface area contributed by atoms with Gasteiger partial charge in [0.1, 0.15) is 0 Å². The molecule has 0 radical (unpaired) electrons. The molecule has 0 saturated carbocycles. The zero-order valence-corrected chi connectivity index (χ0v) is 32.7. The molecule has 0 fully saturated rings. The minimum Gasteiger partial charge on any atom is -0.228 e. The molecule has 0 aliphatic carbocycles. The van der Waals surface area contributed by atoms with E-state index in [1.54, 1.807) is 0 Å². The summed E-state index contributed by atoms with van der Waals surface area (Å²) in [5, 5.41) is 12.5. The lowest BCUT2D eigenvalue weighted by Gasteiger charge is -2.16. The lowest BCUT2D eigenvalue weighted by molar-refractivity contribution is 1.19. The fourth-order valence-corrected chi connectivity index (χ4v) is 10.1. The van der Waals surface area contributed by atoms with Gasteiger partial charge in [0.15, 0.2) is 5.82 Å². The second kappa shape index (κ2) is 13.6. The molecular weight excluding hydrogens is 733 g/mol. The molecule has 2 aromatic heterocycles. The van der Waals surface area contributed by atoms with E-state index in [2.05, 4.69) is 200 Å². The van der Waals surface area contributed by atoms with Crippen LogP contribution < -0.4 is 0 Å². The molecule has 0 N–H and O–H groups in total. The van der Waals surface area contributed by atoms with E-state index in [9.17, 15) is 0 Å². The Balaban J connectivity index is 0.992. The van der Waals surface area contributed by atoms with E-state index in [4.69, 9.17) is 9.97 Å². The van der Waals surface area contributed by atoms with Crippen LogP contribution in [0.2, 0.25) is 0 Å². The van der Waals surface area contributed by atoms with Crippen LogP contribution in [0.5, 0.6) is 0 Å². The molecule has 274 valence electrons. The largest absolute Gasteiger partial charge is 0.228 e. The van der Waals surface area contributed by atoms with Gasteiger partial charge in [-0.2, -0.15) is 0 Å². The van der Waals surface area contributed by atoms with Crippen molar-refractivity contribution in [1.82, 2.24) is 9.97 Å². The zero-order chi connectivity index (χ0) is 38.9. The van der Waals surface area contributed by atoms with Crippen LogP contribution in [-0.2, 0) is 0 Å². The van der Waals surface area contributed by atoms with Crippen molar-refractivity contribution in [1.29, 1.82) is 0 Å². The van der Waals surface area contributed by atoms with Gasteiger partial charge in [0.25, 0.3) is 0 Å². The van der Waals surface area contributed by atoms with E-state index in [1.807, 2.05) is 17.4 Å². The van der Waals surface area contributed by atoms with Gasteiger partial charge in [-0.3, -0.25) is 0 Å². The summed E-state index contributed by atoms with van der Waals surface area (Å²) in [4.78, 5) is 10.5. The Labute approximate surface area is 345 Å².